The fraction of sp³-hybridized carbons (Fsp3) is 0.143. The number of allylic oxidation sites excluding steroid dienone is 3. The average Bonchev–Trinajstić information content (AvgIpc) is 2.08. The summed E-state index contributed by atoms with van der Waals surface area (Å²) in [7, 11) is 1.24. The summed E-state index contributed by atoms with van der Waals surface area (Å²) >= 11 is 2.65. The Morgan fingerprint density at radius 3 is 2.58 bits per heavy atom. The van der Waals surface area contributed by atoms with Gasteiger partial charge in [-0.15, -0.1) is 0 Å². The van der Waals surface area contributed by atoms with Gasteiger partial charge in [-0.05, 0) is 15.9 Å². The standard InChI is InChI=1S/C7H4BrFO3/c1-12-4-2-3(10)6(9)5(8)7(4)11/h2H,1H3. The van der Waals surface area contributed by atoms with E-state index in [4.69, 9.17) is 0 Å². The fourth-order valence-corrected chi connectivity index (χ4v) is 1.11. The molecule has 3 nitrogen and oxygen atoms in total. The quantitative estimate of drug-likeness (QED) is 0.642. The Kier molecular flexibility index (Phi) is 2.42. The molecule has 0 saturated heterocycles. The molecule has 0 bridgehead atoms. The van der Waals surface area contributed by atoms with Crippen molar-refractivity contribution >= 4 is 27.5 Å². The summed E-state index contributed by atoms with van der Waals surface area (Å²) < 4.78 is 16.9. The monoisotopic (exact) mass is 234 g/mol. The largest absolute Gasteiger partial charge is 0.492 e. The van der Waals surface area contributed by atoms with E-state index in [-0.39, 0.29) is 10.2 Å². The molecule has 0 saturated carbocycles. The van der Waals surface area contributed by atoms with Crippen molar-refractivity contribution < 1.29 is 18.7 Å². The van der Waals surface area contributed by atoms with E-state index in [9.17, 15) is 14.0 Å². The van der Waals surface area contributed by atoms with Crippen LogP contribution in [0.1, 0.15) is 0 Å². The zero-order valence-electron chi connectivity index (χ0n) is 6.06. The van der Waals surface area contributed by atoms with Crippen molar-refractivity contribution in [1.82, 2.24) is 0 Å². The summed E-state index contributed by atoms with van der Waals surface area (Å²) in [5.41, 5.74) is 0. The van der Waals surface area contributed by atoms with Gasteiger partial charge in [-0.3, -0.25) is 9.59 Å². The Hall–Kier alpha value is -0.970. The summed E-state index contributed by atoms with van der Waals surface area (Å²) in [6.07, 6.45) is 0.822. The molecule has 1 aliphatic rings. The predicted octanol–water partition coefficient (Wildman–Crippen LogP) is 1.24. The molecule has 12 heavy (non-hydrogen) atoms. The summed E-state index contributed by atoms with van der Waals surface area (Å²) in [5.74, 6) is -2.76. The summed E-state index contributed by atoms with van der Waals surface area (Å²) in [6.45, 7) is 0. The van der Waals surface area contributed by atoms with Crippen molar-refractivity contribution in [2.75, 3.05) is 7.11 Å². The van der Waals surface area contributed by atoms with Crippen LogP contribution < -0.4 is 0 Å². The van der Waals surface area contributed by atoms with Crippen LogP contribution in [0.2, 0.25) is 0 Å². The van der Waals surface area contributed by atoms with Gasteiger partial charge in [0.2, 0.25) is 11.6 Å². The van der Waals surface area contributed by atoms with Gasteiger partial charge in [0.1, 0.15) is 4.48 Å². The van der Waals surface area contributed by atoms with Crippen LogP contribution in [0.4, 0.5) is 4.39 Å². The second kappa shape index (κ2) is 3.18. The molecule has 0 atom stereocenters. The van der Waals surface area contributed by atoms with E-state index in [2.05, 4.69) is 20.7 Å². The van der Waals surface area contributed by atoms with E-state index in [0.717, 1.165) is 6.08 Å². The number of halogens is 2. The van der Waals surface area contributed by atoms with E-state index in [0.29, 0.717) is 0 Å². The van der Waals surface area contributed by atoms with Crippen LogP contribution in [0, 0.1) is 0 Å². The predicted molar refractivity (Wildman–Crippen MR) is 42.2 cm³/mol. The van der Waals surface area contributed by atoms with Crippen molar-refractivity contribution in [1.29, 1.82) is 0 Å². The zero-order chi connectivity index (χ0) is 9.30. The molecule has 0 amide bonds. The van der Waals surface area contributed by atoms with Crippen LogP contribution >= 0.6 is 15.9 Å². The number of ketones is 2. The van der Waals surface area contributed by atoms with Crippen molar-refractivity contribution in [2.24, 2.45) is 0 Å². The lowest BCUT2D eigenvalue weighted by atomic mass is 10.1. The first kappa shape index (κ1) is 9.12. The number of hydrogen-bond acceptors (Lipinski definition) is 3. The lowest BCUT2D eigenvalue weighted by Crippen LogP contribution is -2.15. The van der Waals surface area contributed by atoms with Crippen molar-refractivity contribution in [3.8, 4) is 0 Å². The van der Waals surface area contributed by atoms with Crippen molar-refractivity contribution in [3.63, 3.8) is 0 Å². The maximum absolute atomic E-state index is 12.7. The Morgan fingerprint density at radius 1 is 1.50 bits per heavy atom. The van der Waals surface area contributed by atoms with Gasteiger partial charge >= 0.3 is 0 Å². The van der Waals surface area contributed by atoms with Crippen LogP contribution in [-0.4, -0.2) is 18.7 Å². The van der Waals surface area contributed by atoms with Crippen LogP contribution in [0.25, 0.3) is 0 Å². The first-order valence-corrected chi connectivity index (χ1v) is 3.77. The second-order valence-corrected chi connectivity index (χ2v) is 2.83. The smallest absolute Gasteiger partial charge is 0.237 e. The fourth-order valence-electron chi connectivity index (χ4n) is 0.716. The highest BCUT2D eigenvalue weighted by molar-refractivity contribution is 9.12. The molecule has 0 fully saturated rings. The number of methoxy groups -OCH3 is 1. The maximum Gasteiger partial charge on any atom is 0.237 e. The lowest BCUT2D eigenvalue weighted by molar-refractivity contribution is -0.118. The highest BCUT2D eigenvalue weighted by atomic mass is 79.9. The third-order valence-corrected chi connectivity index (χ3v) is 2.02. The number of rotatable bonds is 1. The Balaban J connectivity index is 3.13. The Labute approximate surface area is 76.0 Å². The molecule has 0 radical (unpaired) electrons. The number of carbonyl (C=O) groups excluding carboxylic acids is 2. The minimum Gasteiger partial charge on any atom is -0.492 e. The van der Waals surface area contributed by atoms with Gasteiger partial charge in [0.15, 0.2) is 11.6 Å². The molecule has 64 valence electrons. The number of Topliss-reactive ketones (excluding diaryl/α,β-unsaturated/α-hetero) is 1. The number of hydrogen-bond donors (Lipinski definition) is 0. The van der Waals surface area contributed by atoms with Gasteiger partial charge in [0.25, 0.3) is 0 Å². The van der Waals surface area contributed by atoms with Gasteiger partial charge in [-0.1, -0.05) is 0 Å². The summed E-state index contributed by atoms with van der Waals surface area (Å²) in [6, 6.07) is 0. The first-order chi connectivity index (χ1) is 5.57. The topological polar surface area (TPSA) is 43.4 Å². The molecular weight excluding hydrogens is 231 g/mol. The molecule has 0 heterocycles. The zero-order valence-corrected chi connectivity index (χ0v) is 7.64. The van der Waals surface area contributed by atoms with E-state index < -0.39 is 17.4 Å². The van der Waals surface area contributed by atoms with E-state index in [1.807, 2.05) is 0 Å². The highest BCUT2D eigenvalue weighted by Gasteiger charge is 2.27. The van der Waals surface area contributed by atoms with Crippen molar-refractivity contribution in [2.45, 2.75) is 0 Å². The molecule has 1 rings (SSSR count). The van der Waals surface area contributed by atoms with Crippen LogP contribution in [0.5, 0.6) is 0 Å². The molecule has 0 aliphatic heterocycles. The maximum atomic E-state index is 12.7. The van der Waals surface area contributed by atoms with Gasteiger partial charge in [0.05, 0.1) is 7.11 Å². The lowest BCUT2D eigenvalue weighted by Gasteiger charge is -2.08. The molecule has 5 heteroatoms. The van der Waals surface area contributed by atoms with Gasteiger partial charge in [-0.25, -0.2) is 4.39 Å². The molecule has 1 aliphatic carbocycles. The molecule has 0 N–H and O–H groups in total. The van der Waals surface area contributed by atoms with E-state index in [1.54, 1.807) is 0 Å². The normalized spacial score (nSPS) is 18.1. The number of carbonyl (C=O) groups is 2. The average molecular weight is 235 g/mol. The van der Waals surface area contributed by atoms with Crippen molar-refractivity contribution in [3.05, 3.63) is 22.1 Å². The van der Waals surface area contributed by atoms with Crippen LogP contribution in [0.15, 0.2) is 22.1 Å². The summed E-state index contributed by atoms with van der Waals surface area (Å²) in [5, 5.41) is 0. The SMILES string of the molecule is COC1=CC(=O)C(F)=C(Br)C1=O. The van der Waals surface area contributed by atoms with Gasteiger partial charge in [0, 0.05) is 6.08 Å². The first-order valence-electron chi connectivity index (χ1n) is 2.98. The minimum atomic E-state index is -1.08. The molecule has 0 aromatic carbocycles. The third kappa shape index (κ3) is 1.32. The molecule has 0 aromatic rings. The second-order valence-electron chi connectivity index (χ2n) is 2.03. The Morgan fingerprint density at radius 2 is 2.08 bits per heavy atom. The molecular formula is C7H4BrFO3. The third-order valence-electron chi connectivity index (χ3n) is 1.31. The van der Waals surface area contributed by atoms with E-state index in [1.165, 1.54) is 7.11 Å². The van der Waals surface area contributed by atoms with Gasteiger partial charge in [-0.2, -0.15) is 0 Å². The minimum absolute atomic E-state index is 0.159. The molecule has 0 unspecified atom stereocenters. The molecule has 0 spiro atoms. The van der Waals surface area contributed by atoms with Crippen LogP contribution in [-0.2, 0) is 14.3 Å². The van der Waals surface area contributed by atoms with E-state index >= 15 is 0 Å². The highest BCUT2D eigenvalue weighted by Crippen LogP contribution is 2.24. The number of ether oxygens (including phenoxy) is 1. The van der Waals surface area contributed by atoms with Crippen LogP contribution in [0.3, 0.4) is 0 Å². The summed E-state index contributed by atoms with van der Waals surface area (Å²) in [4.78, 5) is 21.8. The Bertz CT molecular complexity index is 317. The van der Waals surface area contributed by atoms with Gasteiger partial charge < -0.3 is 4.74 Å². The molecule has 0 aromatic heterocycles.